The van der Waals surface area contributed by atoms with Crippen molar-refractivity contribution < 1.29 is 36.4 Å². The summed E-state index contributed by atoms with van der Waals surface area (Å²) in [4.78, 5) is 11.0. The predicted molar refractivity (Wildman–Crippen MR) is 67.9 cm³/mol. The van der Waals surface area contributed by atoms with Crippen molar-refractivity contribution in [3.63, 3.8) is 0 Å². The summed E-state index contributed by atoms with van der Waals surface area (Å²) >= 11 is 0. The van der Waals surface area contributed by atoms with Crippen LogP contribution < -0.4 is 0 Å². The molecule has 0 aliphatic heterocycles. The normalized spacial score (nSPS) is 14.5. The molecule has 0 aromatic heterocycles. The number of hydrogen-bond donors (Lipinski definition) is 1. The fourth-order valence-corrected chi connectivity index (χ4v) is 1.26. The third-order valence-electron chi connectivity index (χ3n) is 2.17. The Bertz CT molecular complexity index is 452. The molecule has 1 N–H and O–H groups in total. The van der Waals surface area contributed by atoms with Gasteiger partial charge in [-0.05, 0) is 18.2 Å². The predicted octanol–water partition coefficient (Wildman–Crippen LogP) is 2.47. The van der Waals surface area contributed by atoms with Crippen LogP contribution in [0, 0.1) is 0 Å². The zero-order valence-corrected chi connectivity index (χ0v) is 11.7. The number of methoxy groups -OCH3 is 2. The van der Waals surface area contributed by atoms with Crippen molar-refractivity contribution in [2.24, 2.45) is 0 Å². The second-order valence-electron chi connectivity index (χ2n) is 3.35. The molecule has 0 atom stereocenters. The third-order valence-corrected chi connectivity index (χ3v) is 2.17. The van der Waals surface area contributed by atoms with Crippen LogP contribution in [-0.4, -0.2) is 25.3 Å². The van der Waals surface area contributed by atoms with Crippen molar-refractivity contribution in [3.8, 4) is 0 Å². The van der Waals surface area contributed by atoms with Crippen LogP contribution in [0.1, 0.15) is 0 Å². The first-order valence-corrected chi connectivity index (χ1v) is 5.31. The van der Waals surface area contributed by atoms with Gasteiger partial charge in [-0.2, -0.15) is 18.2 Å². The Balaban J connectivity index is 0.000000454. The van der Waals surface area contributed by atoms with Crippen molar-refractivity contribution in [1.82, 2.24) is 0 Å². The minimum absolute atomic E-state index is 0. The maximum atomic E-state index is 11.0. The summed E-state index contributed by atoms with van der Waals surface area (Å²) in [6.45, 7) is 0. The summed E-state index contributed by atoms with van der Waals surface area (Å²) in [5.74, 6) is -0.648. The molecule has 4 nitrogen and oxygen atoms in total. The zero-order valence-electron chi connectivity index (χ0n) is 10.6. The smallest absolute Gasteiger partial charge is 0.337 e. The molecule has 0 amide bonds. The molecule has 19 heavy (non-hydrogen) atoms. The first-order chi connectivity index (χ1) is 8.69. The van der Waals surface area contributed by atoms with Crippen LogP contribution in [0.5, 0.6) is 0 Å². The van der Waals surface area contributed by atoms with E-state index in [1.165, 1.54) is 20.3 Å². The Labute approximate surface area is 122 Å². The van der Waals surface area contributed by atoms with Crippen molar-refractivity contribution >= 4 is 5.97 Å². The van der Waals surface area contributed by atoms with Gasteiger partial charge in [0, 0.05) is 17.1 Å². The summed E-state index contributed by atoms with van der Waals surface area (Å²) in [5, 5.41) is 9.14. The van der Waals surface area contributed by atoms with E-state index in [2.05, 4.69) is 9.47 Å². The molecular weight excluding hydrogens is 288 g/mol. The number of aliphatic hydroxyl groups excluding tert-OH is 1. The van der Waals surface area contributed by atoms with Gasteiger partial charge in [0.2, 0.25) is 0 Å². The van der Waals surface area contributed by atoms with Crippen LogP contribution in [0.15, 0.2) is 65.7 Å². The van der Waals surface area contributed by atoms with Crippen molar-refractivity contribution in [2.45, 2.75) is 0 Å². The average Bonchev–Trinajstić information content (AvgIpc) is 3.09. The molecule has 0 radical (unpaired) electrons. The minimum Gasteiger partial charge on any atom is -0.481 e. The Kier molecular flexibility index (Phi) is 8.25. The molecule has 2 rings (SSSR count). The maximum absolute atomic E-state index is 11.0. The average molecular weight is 303 g/mol. The fraction of sp³-hybridized carbons (Fsp3) is 0.143. The second kappa shape index (κ2) is 9.14. The van der Waals surface area contributed by atoms with Crippen LogP contribution in [0.25, 0.3) is 0 Å². The molecule has 1 aliphatic rings. The number of esters is 1. The monoisotopic (exact) mass is 303 g/mol. The topological polar surface area (TPSA) is 55.8 Å². The standard InChI is InChI=1S/C9H10O4.C5H5.Fe/c1-12-8(10)6-3-4-7(5-6)9(11)13-2;1-2-4-5-3-1;/h3-5,10H,1-2H3;1-5H;/q;-1;/b8-6+;;. The maximum Gasteiger partial charge on any atom is 0.337 e. The molecule has 1 aromatic carbocycles. The Morgan fingerprint density at radius 1 is 1.16 bits per heavy atom. The molecule has 0 saturated carbocycles. The molecule has 0 heterocycles. The van der Waals surface area contributed by atoms with Crippen LogP contribution in [-0.2, 0) is 31.3 Å². The molecule has 104 valence electrons. The first kappa shape index (κ1) is 17.2. The molecule has 0 unspecified atom stereocenters. The molecule has 0 spiro atoms. The van der Waals surface area contributed by atoms with E-state index >= 15 is 0 Å². The van der Waals surface area contributed by atoms with Gasteiger partial charge in [0.05, 0.1) is 25.4 Å². The molecule has 1 aliphatic carbocycles. The van der Waals surface area contributed by atoms with E-state index in [0.717, 1.165) is 0 Å². The van der Waals surface area contributed by atoms with Crippen molar-refractivity contribution in [1.29, 1.82) is 0 Å². The van der Waals surface area contributed by atoms with Gasteiger partial charge in [-0.15, -0.1) is 0 Å². The molecule has 1 aromatic rings. The van der Waals surface area contributed by atoms with E-state index in [0.29, 0.717) is 11.1 Å². The third kappa shape index (κ3) is 5.55. The number of aliphatic hydroxyl groups is 1. The van der Waals surface area contributed by atoms with E-state index in [-0.39, 0.29) is 23.0 Å². The first-order valence-electron chi connectivity index (χ1n) is 5.31. The quantitative estimate of drug-likeness (QED) is 0.395. The van der Waals surface area contributed by atoms with Crippen LogP contribution >= 0.6 is 0 Å². The van der Waals surface area contributed by atoms with Crippen molar-refractivity contribution in [2.75, 3.05) is 14.2 Å². The van der Waals surface area contributed by atoms with Gasteiger partial charge in [0.15, 0.2) is 0 Å². The van der Waals surface area contributed by atoms with Gasteiger partial charge in [-0.1, -0.05) is 0 Å². The van der Waals surface area contributed by atoms with E-state index in [1.54, 1.807) is 12.2 Å². The number of ether oxygens (including phenoxy) is 2. The van der Waals surface area contributed by atoms with Gasteiger partial charge in [-0.3, -0.25) is 0 Å². The summed E-state index contributed by atoms with van der Waals surface area (Å²) < 4.78 is 9.08. The largest absolute Gasteiger partial charge is 0.481 e. The minimum atomic E-state index is -0.435. The SMILES string of the molecule is COC(=O)C1=C/C(=C(\O)OC)C=C1.[Fe].c1cc[cH-]c1. The van der Waals surface area contributed by atoms with E-state index in [4.69, 9.17) is 5.11 Å². The second-order valence-corrected chi connectivity index (χ2v) is 3.35. The Morgan fingerprint density at radius 2 is 1.79 bits per heavy atom. The number of hydrogen-bond acceptors (Lipinski definition) is 4. The number of carbonyl (C=O) groups excluding carboxylic acids is 1. The van der Waals surface area contributed by atoms with Gasteiger partial charge in [-0.25, -0.2) is 16.9 Å². The Morgan fingerprint density at radius 3 is 2.21 bits per heavy atom. The van der Waals surface area contributed by atoms with Crippen LogP contribution in [0.3, 0.4) is 0 Å². The summed E-state index contributed by atoms with van der Waals surface area (Å²) in [7, 11) is 2.65. The number of allylic oxidation sites excluding steroid dienone is 3. The summed E-state index contributed by atoms with van der Waals surface area (Å²) in [5.41, 5.74) is 0.851. The van der Waals surface area contributed by atoms with Crippen LogP contribution in [0.4, 0.5) is 0 Å². The van der Waals surface area contributed by atoms with Gasteiger partial charge in [0.1, 0.15) is 0 Å². The fourth-order valence-electron chi connectivity index (χ4n) is 1.26. The molecule has 5 heteroatoms. The molecule has 0 saturated heterocycles. The van der Waals surface area contributed by atoms with Crippen LogP contribution in [0.2, 0.25) is 0 Å². The Hall–Kier alpha value is -1.84. The van der Waals surface area contributed by atoms with Gasteiger partial charge in [0.25, 0.3) is 5.95 Å². The number of rotatable bonds is 2. The van der Waals surface area contributed by atoms with Gasteiger partial charge >= 0.3 is 5.97 Å². The van der Waals surface area contributed by atoms with Gasteiger partial charge < -0.3 is 14.6 Å². The van der Waals surface area contributed by atoms with E-state index in [9.17, 15) is 4.79 Å². The van der Waals surface area contributed by atoms with E-state index < -0.39 is 5.97 Å². The summed E-state index contributed by atoms with van der Waals surface area (Å²) in [6.07, 6.45) is 4.62. The van der Waals surface area contributed by atoms with E-state index in [1.807, 2.05) is 30.3 Å². The van der Waals surface area contributed by atoms with Crippen molar-refractivity contribution in [3.05, 3.63) is 65.7 Å². The number of carbonyl (C=O) groups is 1. The zero-order chi connectivity index (χ0) is 13.4. The molecule has 0 bridgehead atoms. The molecule has 0 fully saturated rings. The summed E-state index contributed by atoms with van der Waals surface area (Å²) in [6, 6.07) is 10.0. The molecular formula is C14H15FeO4-.